The maximum atomic E-state index is 10.1. The van der Waals surface area contributed by atoms with E-state index in [1.807, 2.05) is 0 Å². The molecular formula is C11H24NO2P. The quantitative estimate of drug-likeness (QED) is 0.565. The van der Waals surface area contributed by atoms with E-state index in [2.05, 4.69) is 21.5 Å². The topological polar surface area (TPSA) is 49.3 Å². The highest BCUT2D eigenvalue weighted by atomic mass is 31.0. The molecule has 0 aliphatic carbocycles. The van der Waals surface area contributed by atoms with Crippen LogP contribution in [0, 0.1) is 0 Å². The van der Waals surface area contributed by atoms with E-state index in [0.29, 0.717) is 0 Å². The number of carbonyl (C=O) groups is 1. The van der Waals surface area contributed by atoms with Gasteiger partial charge in [0.2, 0.25) is 0 Å². The standard InChI is InChI=1S/C6H15P.C5H9NO2/c1-2-3-4-5-6-7;7-5(8)4-2-1-3-6-4/h2-7H2,1H3;4,6H,1-3H2,(H,7,8)/t;4-/m.0/s1. The van der Waals surface area contributed by atoms with E-state index in [9.17, 15) is 4.79 Å². The van der Waals surface area contributed by atoms with Crippen molar-refractivity contribution in [2.45, 2.75) is 51.5 Å². The van der Waals surface area contributed by atoms with Gasteiger partial charge < -0.3 is 10.4 Å². The number of carboxylic acids is 1. The van der Waals surface area contributed by atoms with Crippen molar-refractivity contribution < 1.29 is 9.90 Å². The molecule has 90 valence electrons. The third kappa shape index (κ3) is 8.83. The van der Waals surface area contributed by atoms with Crippen LogP contribution in [0.5, 0.6) is 0 Å². The molecule has 1 unspecified atom stereocenters. The van der Waals surface area contributed by atoms with Crippen LogP contribution >= 0.6 is 9.24 Å². The third-order valence-corrected chi connectivity index (χ3v) is 2.82. The van der Waals surface area contributed by atoms with Gasteiger partial charge in [0, 0.05) is 0 Å². The minimum atomic E-state index is -0.720. The monoisotopic (exact) mass is 233 g/mol. The van der Waals surface area contributed by atoms with Crippen molar-refractivity contribution in [3.63, 3.8) is 0 Å². The molecule has 0 aromatic carbocycles. The van der Waals surface area contributed by atoms with Crippen LogP contribution in [-0.2, 0) is 4.79 Å². The fourth-order valence-electron chi connectivity index (χ4n) is 1.47. The second-order valence-corrected chi connectivity index (χ2v) is 4.41. The predicted molar refractivity (Wildman–Crippen MR) is 67.4 cm³/mol. The van der Waals surface area contributed by atoms with E-state index in [4.69, 9.17) is 5.11 Å². The molecule has 0 amide bonds. The first-order valence-electron chi connectivity index (χ1n) is 5.88. The summed E-state index contributed by atoms with van der Waals surface area (Å²) in [5.41, 5.74) is 0. The van der Waals surface area contributed by atoms with E-state index in [1.165, 1.54) is 31.8 Å². The number of aliphatic carboxylic acids is 1. The first-order valence-corrected chi connectivity index (χ1v) is 6.70. The molecule has 0 aromatic heterocycles. The van der Waals surface area contributed by atoms with Crippen LogP contribution in [0.15, 0.2) is 0 Å². The van der Waals surface area contributed by atoms with Crippen molar-refractivity contribution in [1.29, 1.82) is 0 Å². The number of nitrogens with one attached hydrogen (secondary N) is 1. The SMILES string of the molecule is CCCCCCP.O=C(O)[C@@H]1CCCN1. The molecule has 1 aliphatic heterocycles. The maximum absolute atomic E-state index is 10.1. The summed E-state index contributed by atoms with van der Waals surface area (Å²) in [7, 11) is 2.75. The molecule has 0 saturated carbocycles. The van der Waals surface area contributed by atoms with E-state index >= 15 is 0 Å². The molecule has 1 aliphatic rings. The Hall–Kier alpha value is -0.140. The van der Waals surface area contributed by atoms with Gasteiger partial charge in [-0.15, -0.1) is 9.24 Å². The lowest BCUT2D eigenvalue weighted by atomic mass is 10.2. The average Bonchev–Trinajstić information content (AvgIpc) is 2.72. The minimum absolute atomic E-state index is 0.269. The van der Waals surface area contributed by atoms with Crippen LogP contribution in [0.2, 0.25) is 0 Å². The van der Waals surface area contributed by atoms with E-state index < -0.39 is 5.97 Å². The summed E-state index contributed by atoms with van der Waals surface area (Å²) < 4.78 is 0. The average molecular weight is 233 g/mol. The summed E-state index contributed by atoms with van der Waals surface area (Å²) in [6, 6.07) is -0.269. The highest BCUT2D eigenvalue weighted by molar-refractivity contribution is 7.16. The zero-order valence-electron chi connectivity index (χ0n) is 9.67. The van der Waals surface area contributed by atoms with Crippen LogP contribution in [0.25, 0.3) is 0 Å². The Balaban J connectivity index is 0.000000265. The molecule has 0 spiro atoms. The molecule has 3 nitrogen and oxygen atoms in total. The second-order valence-electron chi connectivity index (χ2n) is 3.84. The minimum Gasteiger partial charge on any atom is -0.480 e. The molecule has 2 atom stereocenters. The summed E-state index contributed by atoms with van der Waals surface area (Å²) in [5, 5.41) is 11.2. The number of hydrogen-bond donors (Lipinski definition) is 2. The lowest BCUT2D eigenvalue weighted by Crippen LogP contribution is -2.29. The normalized spacial score (nSPS) is 19.5. The molecule has 2 N–H and O–H groups in total. The zero-order valence-corrected chi connectivity index (χ0v) is 10.8. The van der Waals surface area contributed by atoms with Gasteiger partial charge in [-0.25, -0.2) is 0 Å². The predicted octanol–water partition coefficient (Wildman–Crippen LogP) is 2.26. The van der Waals surface area contributed by atoms with Gasteiger partial charge in [0.1, 0.15) is 6.04 Å². The van der Waals surface area contributed by atoms with Crippen molar-refractivity contribution in [3.8, 4) is 0 Å². The molecule has 1 rings (SSSR count). The Kier molecular flexibility index (Phi) is 10.3. The zero-order chi connectivity index (χ0) is 11.5. The number of rotatable bonds is 5. The number of unbranched alkanes of at least 4 members (excludes halogenated alkanes) is 3. The largest absolute Gasteiger partial charge is 0.480 e. The van der Waals surface area contributed by atoms with Gasteiger partial charge >= 0.3 is 5.97 Å². The lowest BCUT2D eigenvalue weighted by molar-refractivity contribution is -0.139. The first-order chi connectivity index (χ1) is 7.22. The summed E-state index contributed by atoms with van der Waals surface area (Å²) in [6.07, 6.45) is 8.63. The summed E-state index contributed by atoms with van der Waals surface area (Å²) in [6.45, 7) is 3.10. The second kappa shape index (κ2) is 10.4. The molecule has 0 aromatic rings. The van der Waals surface area contributed by atoms with Crippen LogP contribution < -0.4 is 5.32 Å². The highest BCUT2D eigenvalue weighted by Gasteiger charge is 2.20. The Morgan fingerprint density at radius 1 is 1.47 bits per heavy atom. The van der Waals surface area contributed by atoms with Crippen LogP contribution in [0.1, 0.15) is 45.4 Å². The van der Waals surface area contributed by atoms with Gasteiger partial charge in [-0.1, -0.05) is 26.2 Å². The summed E-state index contributed by atoms with van der Waals surface area (Å²) in [4.78, 5) is 10.1. The third-order valence-electron chi connectivity index (χ3n) is 2.42. The van der Waals surface area contributed by atoms with Crippen molar-refractivity contribution in [2.75, 3.05) is 12.7 Å². The van der Waals surface area contributed by atoms with Crippen LogP contribution in [0.3, 0.4) is 0 Å². The van der Waals surface area contributed by atoms with Crippen molar-refractivity contribution >= 4 is 15.2 Å². The number of hydrogen-bond acceptors (Lipinski definition) is 2. The van der Waals surface area contributed by atoms with Gasteiger partial charge in [-0.2, -0.15) is 0 Å². The molecule has 0 radical (unpaired) electrons. The smallest absolute Gasteiger partial charge is 0.320 e. The molecule has 1 saturated heterocycles. The highest BCUT2D eigenvalue weighted by Crippen LogP contribution is 2.03. The Labute approximate surface area is 95.2 Å². The fourth-order valence-corrected chi connectivity index (χ4v) is 1.76. The Morgan fingerprint density at radius 2 is 2.20 bits per heavy atom. The van der Waals surface area contributed by atoms with Crippen molar-refractivity contribution in [2.24, 2.45) is 0 Å². The van der Waals surface area contributed by atoms with Gasteiger partial charge in [0.25, 0.3) is 0 Å². The molecular weight excluding hydrogens is 209 g/mol. The Bertz CT molecular complexity index is 155. The summed E-state index contributed by atoms with van der Waals surface area (Å²) >= 11 is 0. The van der Waals surface area contributed by atoms with E-state index in [-0.39, 0.29) is 6.04 Å². The number of carboxylic acid groups (broad SMARTS) is 1. The summed E-state index contributed by atoms with van der Waals surface area (Å²) in [5.74, 6) is -0.720. The van der Waals surface area contributed by atoms with Gasteiger partial charge in [-0.05, 0) is 32.0 Å². The van der Waals surface area contributed by atoms with Crippen molar-refractivity contribution in [1.82, 2.24) is 5.32 Å². The maximum Gasteiger partial charge on any atom is 0.320 e. The molecule has 15 heavy (non-hydrogen) atoms. The van der Waals surface area contributed by atoms with E-state index in [0.717, 1.165) is 19.4 Å². The fraction of sp³-hybridized carbons (Fsp3) is 0.909. The molecule has 1 fully saturated rings. The lowest BCUT2D eigenvalue weighted by Gasteiger charge is -1.99. The van der Waals surface area contributed by atoms with Gasteiger partial charge in [0.15, 0.2) is 0 Å². The van der Waals surface area contributed by atoms with Crippen LogP contribution in [-0.4, -0.2) is 29.8 Å². The van der Waals surface area contributed by atoms with Gasteiger partial charge in [0.05, 0.1) is 0 Å². The first kappa shape index (κ1) is 14.9. The molecule has 4 heteroatoms. The van der Waals surface area contributed by atoms with Gasteiger partial charge in [-0.3, -0.25) is 4.79 Å². The van der Waals surface area contributed by atoms with E-state index in [1.54, 1.807) is 0 Å². The van der Waals surface area contributed by atoms with Crippen molar-refractivity contribution in [3.05, 3.63) is 0 Å². The molecule has 0 bridgehead atoms. The molecule has 1 heterocycles. The van der Waals surface area contributed by atoms with Crippen LogP contribution in [0.4, 0.5) is 0 Å². The Morgan fingerprint density at radius 3 is 2.53 bits per heavy atom.